The first-order valence-corrected chi connectivity index (χ1v) is 9.89. The SMILES string of the molecule is O=C1CCC2Oc3c(cc4ccccc4c3-c3c(O)ccc4ccccc34)C=C12. The van der Waals surface area contributed by atoms with Crippen molar-refractivity contribution < 1.29 is 14.6 Å². The van der Waals surface area contributed by atoms with E-state index in [1.54, 1.807) is 6.07 Å². The molecule has 4 aromatic carbocycles. The number of hydrogen-bond donors (Lipinski definition) is 1. The summed E-state index contributed by atoms with van der Waals surface area (Å²) in [5, 5.41) is 15.0. The maximum Gasteiger partial charge on any atom is 0.162 e. The molecule has 1 aliphatic heterocycles. The Morgan fingerprint density at radius 1 is 0.862 bits per heavy atom. The van der Waals surface area contributed by atoms with Gasteiger partial charge in [0.05, 0.1) is 0 Å². The Kier molecular flexibility index (Phi) is 3.36. The van der Waals surface area contributed by atoms with Crippen LogP contribution in [0.2, 0.25) is 0 Å². The fraction of sp³-hybridized carbons (Fsp3) is 0.115. The first kappa shape index (κ1) is 16.4. The third-order valence-electron chi connectivity index (χ3n) is 6.06. The lowest BCUT2D eigenvalue weighted by Gasteiger charge is -2.26. The van der Waals surface area contributed by atoms with E-state index in [0.29, 0.717) is 12.8 Å². The minimum Gasteiger partial charge on any atom is -0.507 e. The topological polar surface area (TPSA) is 46.5 Å². The first-order valence-electron chi connectivity index (χ1n) is 9.89. The summed E-state index contributed by atoms with van der Waals surface area (Å²) in [6, 6.07) is 21.9. The second-order valence-electron chi connectivity index (χ2n) is 7.74. The van der Waals surface area contributed by atoms with Gasteiger partial charge in [-0.05, 0) is 46.2 Å². The van der Waals surface area contributed by atoms with Gasteiger partial charge >= 0.3 is 0 Å². The summed E-state index contributed by atoms with van der Waals surface area (Å²) in [6.07, 6.45) is 3.01. The Balaban J connectivity index is 1.77. The number of hydrogen-bond acceptors (Lipinski definition) is 3. The normalized spacial score (nSPS) is 17.7. The molecule has 29 heavy (non-hydrogen) atoms. The highest BCUT2D eigenvalue weighted by molar-refractivity contribution is 6.12. The molecule has 4 aromatic rings. The molecule has 1 heterocycles. The van der Waals surface area contributed by atoms with E-state index in [2.05, 4.69) is 18.2 Å². The third kappa shape index (κ3) is 2.34. The highest BCUT2D eigenvalue weighted by Crippen LogP contribution is 2.49. The zero-order valence-electron chi connectivity index (χ0n) is 15.7. The van der Waals surface area contributed by atoms with Gasteiger partial charge in [0.25, 0.3) is 0 Å². The highest BCUT2D eigenvalue weighted by atomic mass is 16.5. The molecule has 3 nitrogen and oxygen atoms in total. The monoisotopic (exact) mass is 378 g/mol. The molecule has 0 radical (unpaired) electrons. The van der Waals surface area contributed by atoms with Crippen molar-refractivity contribution >= 4 is 33.4 Å². The van der Waals surface area contributed by atoms with Crippen LogP contribution in [0, 0.1) is 0 Å². The first-order chi connectivity index (χ1) is 14.2. The smallest absolute Gasteiger partial charge is 0.162 e. The van der Waals surface area contributed by atoms with E-state index in [9.17, 15) is 9.90 Å². The molecule has 1 unspecified atom stereocenters. The number of phenols is 1. The maximum atomic E-state index is 12.3. The van der Waals surface area contributed by atoms with Crippen LogP contribution in [-0.2, 0) is 4.79 Å². The molecule has 3 heteroatoms. The van der Waals surface area contributed by atoms with Crippen molar-refractivity contribution in [2.75, 3.05) is 0 Å². The third-order valence-corrected chi connectivity index (χ3v) is 6.06. The molecule has 1 N–H and O–H groups in total. The van der Waals surface area contributed by atoms with E-state index in [1.165, 1.54) is 0 Å². The maximum absolute atomic E-state index is 12.3. The Morgan fingerprint density at radius 3 is 2.41 bits per heavy atom. The molecular formula is C26H18O3. The fourth-order valence-corrected chi connectivity index (χ4v) is 4.70. The molecule has 1 saturated carbocycles. The van der Waals surface area contributed by atoms with E-state index in [4.69, 9.17) is 4.74 Å². The molecule has 0 bridgehead atoms. The standard InChI is InChI=1S/C26H18O3/c27-21-11-12-23-20(21)14-17-13-16-6-2-4-8-19(16)25(26(17)29-23)24-18-7-3-1-5-15(18)9-10-22(24)28/h1-10,13-14,23,28H,11-12H2. The van der Waals surface area contributed by atoms with Gasteiger partial charge in [0.2, 0.25) is 0 Å². The molecule has 2 aliphatic rings. The molecule has 140 valence electrons. The van der Waals surface area contributed by atoms with E-state index in [0.717, 1.165) is 49.6 Å². The van der Waals surface area contributed by atoms with Crippen LogP contribution in [0.15, 0.2) is 72.3 Å². The minimum absolute atomic E-state index is 0.170. The van der Waals surface area contributed by atoms with Crippen LogP contribution in [0.1, 0.15) is 18.4 Å². The number of rotatable bonds is 1. The molecule has 1 fully saturated rings. The Labute approximate surface area is 167 Å². The summed E-state index contributed by atoms with van der Waals surface area (Å²) in [5.41, 5.74) is 3.33. The Hall–Kier alpha value is -3.59. The van der Waals surface area contributed by atoms with Crippen LogP contribution in [0.3, 0.4) is 0 Å². The summed E-state index contributed by atoms with van der Waals surface area (Å²) in [4.78, 5) is 12.3. The van der Waals surface area contributed by atoms with E-state index in [-0.39, 0.29) is 17.6 Å². The lowest BCUT2D eigenvalue weighted by molar-refractivity contribution is -0.114. The van der Waals surface area contributed by atoms with Gasteiger partial charge in [-0.15, -0.1) is 0 Å². The number of fused-ring (bicyclic) bond motifs is 4. The molecule has 0 saturated heterocycles. The van der Waals surface area contributed by atoms with Gasteiger partial charge in [0.1, 0.15) is 17.6 Å². The quantitative estimate of drug-likeness (QED) is 0.450. The van der Waals surface area contributed by atoms with Crippen molar-refractivity contribution in [3.05, 3.63) is 77.9 Å². The number of benzene rings is 4. The number of ether oxygens (including phenoxy) is 1. The summed E-state index contributed by atoms with van der Waals surface area (Å²) in [6.45, 7) is 0. The van der Waals surface area contributed by atoms with Crippen molar-refractivity contribution in [3.8, 4) is 22.6 Å². The Bertz CT molecular complexity index is 1360. The van der Waals surface area contributed by atoms with Crippen LogP contribution in [0.25, 0.3) is 38.7 Å². The molecule has 0 amide bonds. The van der Waals surface area contributed by atoms with E-state index >= 15 is 0 Å². The van der Waals surface area contributed by atoms with Gasteiger partial charge in [-0.2, -0.15) is 0 Å². The summed E-state index contributed by atoms with van der Waals surface area (Å²) < 4.78 is 6.42. The summed E-state index contributed by atoms with van der Waals surface area (Å²) >= 11 is 0. The van der Waals surface area contributed by atoms with Crippen LogP contribution in [-0.4, -0.2) is 17.0 Å². The van der Waals surface area contributed by atoms with Gasteiger partial charge in [0.15, 0.2) is 5.78 Å². The molecule has 6 rings (SSSR count). The predicted octanol–water partition coefficient (Wildman–Crippen LogP) is 5.87. The zero-order chi connectivity index (χ0) is 19.5. The second kappa shape index (κ2) is 5.95. The van der Waals surface area contributed by atoms with Crippen molar-refractivity contribution in [1.29, 1.82) is 0 Å². The minimum atomic E-state index is -0.202. The molecule has 0 aromatic heterocycles. The van der Waals surface area contributed by atoms with Crippen LogP contribution in [0.4, 0.5) is 0 Å². The van der Waals surface area contributed by atoms with Crippen molar-refractivity contribution in [2.45, 2.75) is 18.9 Å². The van der Waals surface area contributed by atoms with Crippen LogP contribution < -0.4 is 4.74 Å². The van der Waals surface area contributed by atoms with Gasteiger partial charge in [0, 0.05) is 28.7 Å². The average molecular weight is 378 g/mol. The average Bonchev–Trinajstić information content (AvgIpc) is 3.11. The lowest BCUT2D eigenvalue weighted by Crippen LogP contribution is -2.20. The Morgan fingerprint density at radius 2 is 1.59 bits per heavy atom. The van der Waals surface area contributed by atoms with Crippen LogP contribution in [0.5, 0.6) is 11.5 Å². The van der Waals surface area contributed by atoms with E-state index < -0.39 is 0 Å². The van der Waals surface area contributed by atoms with Gasteiger partial charge < -0.3 is 9.84 Å². The summed E-state index contributed by atoms with van der Waals surface area (Å²) in [7, 11) is 0. The summed E-state index contributed by atoms with van der Waals surface area (Å²) in [5.74, 6) is 1.14. The van der Waals surface area contributed by atoms with Crippen molar-refractivity contribution in [2.24, 2.45) is 0 Å². The zero-order valence-corrected chi connectivity index (χ0v) is 15.7. The molecular weight excluding hydrogens is 360 g/mol. The van der Waals surface area contributed by atoms with Gasteiger partial charge in [-0.1, -0.05) is 54.6 Å². The predicted molar refractivity (Wildman–Crippen MR) is 115 cm³/mol. The molecule has 0 spiro atoms. The number of phenolic OH excluding ortho intramolecular Hbond substituents is 1. The van der Waals surface area contributed by atoms with Crippen molar-refractivity contribution in [3.63, 3.8) is 0 Å². The largest absolute Gasteiger partial charge is 0.507 e. The van der Waals surface area contributed by atoms with Crippen LogP contribution >= 0.6 is 0 Å². The van der Waals surface area contributed by atoms with E-state index in [1.807, 2.05) is 48.5 Å². The fourth-order valence-electron chi connectivity index (χ4n) is 4.70. The number of carbonyl (C=O) groups excluding carboxylic acids is 1. The second-order valence-corrected chi connectivity index (χ2v) is 7.74. The van der Waals surface area contributed by atoms with Gasteiger partial charge in [-0.3, -0.25) is 4.79 Å². The van der Waals surface area contributed by atoms with Crippen molar-refractivity contribution in [1.82, 2.24) is 0 Å². The number of carbonyl (C=O) groups is 1. The highest BCUT2D eigenvalue weighted by Gasteiger charge is 2.35. The lowest BCUT2D eigenvalue weighted by atomic mass is 9.88. The number of Topliss-reactive ketones (excluding diaryl/α,β-unsaturated/α-hetero) is 1. The molecule has 1 atom stereocenters. The van der Waals surface area contributed by atoms with Gasteiger partial charge in [-0.25, -0.2) is 0 Å². The number of aromatic hydroxyl groups is 1. The molecule has 1 aliphatic carbocycles. The number of ketones is 1.